The van der Waals surface area contributed by atoms with Crippen molar-refractivity contribution in [1.82, 2.24) is 5.43 Å². The van der Waals surface area contributed by atoms with E-state index in [9.17, 15) is 4.79 Å². The van der Waals surface area contributed by atoms with E-state index < -0.39 is 0 Å². The molecule has 5 nitrogen and oxygen atoms in total. The fraction of sp³-hybridized carbons (Fsp3) is 0.364. The summed E-state index contributed by atoms with van der Waals surface area (Å²) in [6.45, 7) is 2.32. The van der Waals surface area contributed by atoms with Crippen LogP contribution in [-0.2, 0) is 4.79 Å². The van der Waals surface area contributed by atoms with Crippen molar-refractivity contribution in [2.45, 2.75) is 39.0 Å². The van der Waals surface area contributed by atoms with E-state index in [4.69, 9.17) is 4.74 Å². The molecule has 0 aliphatic carbocycles. The minimum atomic E-state index is -0.192. The number of nitrogens with one attached hydrogen (secondary N) is 2. The first-order valence-corrected chi connectivity index (χ1v) is 9.52. The number of rotatable bonds is 11. The summed E-state index contributed by atoms with van der Waals surface area (Å²) < 4.78 is 5.28. The summed E-state index contributed by atoms with van der Waals surface area (Å²) in [7, 11) is 1.61. The highest BCUT2D eigenvalue weighted by atomic mass is 16.5. The molecule has 0 bridgehead atoms. The molecule has 0 heterocycles. The van der Waals surface area contributed by atoms with Gasteiger partial charge in [-0.25, -0.2) is 5.43 Å². The second-order valence-corrected chi connectivity index (χ2v) is 6.32. The molecular formula is C22H29N3O2. The van der Waals surface area contributed by atoms with Gasteiger partial charge in [0.1, 0.15) is 5.75 Å². The Morgan fingerprint density at radius 2 is 1.74 bits per heavy atom. The maximum atomic E-state index is 12.2. The van der Waals surface area contributed by atoms with Crippen LogP contribution in [0.25, 0.3) is 0 Å². The summed E-state index contributed by atoms with van der Waals surface area (Å²) in [4.78, 5) is 12.2. The van der Waals surface area contributed by atoms with E-state index in [0.717, 1.165) is 29.8 Å². The Kier molecular flexibility index (Phi) is 8.90. The second-order valence-electron chi connectivity index (χ2n) is 6.32. The lowest BCUT2D eigenvalue weighted by Crippen LogP contribution is -2.27. The van der Waals surface area contributed by atoms with E-state index >= 15 is 0 Å². The van der Waals surface area contributed by atoms with Crippen LogP contribution in [0.1, 0.15) is 44.6 Å². The standard InChI is InChI=1S/C22H29N3O2/c1-3-4-5-9-14-19(18-12-7-6-8-13-18)24-25-22(26)17-23-20-15-10-11-16-21(20)27-2/h6-8,10-13,15-16,23H,3-5,9,14,17H2,1-2H3,(H,25,26). The van der Waals surface area contributed by atoms with Crippen LogP contribution in [0.2, 0.25) is 0 Å². The van der Waals surface area contributed by atoms with Gasteiger partial charge in [-0.15, -0.1) is 0 Å². The summed E-state index contributed by atoms with van der Waals surface area (Å²) in [5.74, 6) is 0.512. The number of carbonyl (C=O) groups is 1. The number of benzene rings is 2. The maximum absolute atomic E-state index is 12.2. The molecule has 0 saturated heterocycles. The van der Waals surface area contributed by atoms with Crippen LogP contribution in [0.4, 0.5) is 5.69 Å². The van der Waals surface area contributed by atoms with Gasteiger partial charge in [0.25, 0.3) is 5.91 Å². The monoisotopic (exact) mass is 367 g/mol. The van der Waals surface area contributed by atoms with Crippen molar-refractivity contribution in [1.29, 1.82) is 0 Å². The van der Waals surface area contributed by atoms with E-state index in [-0.39, 0.29) is 12.5 Å². The second kappa shape index (κ2) is 11.7. The van der Waals surface area contributed by atoms with Crippen molar-refractivity contribution in [3.8, 4) is 5.75 Å². The fourth-order valence-corrected chi connectivity index (χ4v) is 2.75. The van der Waals surface area contributed by atoms with Crippen LogP contribution in [-0.4, -0.2) is 25.3 Å². The zero-order valence-electron chi connectivity index (χ0n) is 16.2. The van der Waals surface area contributed by atoms with Gasteiger partial charge in [-0.2, -0.15) is 5.10 Å². The van der Waals surface area contributed by atoms with Gasteiger partial charge in [-0.1, -0.05) is 68.7 Å². The number of para-hydroxylation sites is 2. The summed E-state index contributed by atoms with van der Waals surface area (Å²) in [5.41, 5.74) is 5.42. The topological polar surface area (TPSA) is 62.7 Å². The van der Waals surface area contributed by atoms with Crippen LogP contribution < -0.4 is 15.5 Å². The summed E-state index contributed by atoms with van der Waals surface area (Å²) >= 11 is 0. The molecule has 27 heavy (non-hydrogen) atoms. The Hall–Kier alpha value is -2.82. The van der Waals surface area contributed by atoms with Crippen molar-refractivity contribution in [3.05, 3.63) is 60.2 Å². The van der Waals surface area contributed by atoms with Gasteiger partial charge < -0.3 is 10.1 Å². The van der Waals surface area contributed by atoms with E-state index in [0.29, 0.717) is 5.75 Å². The zero-order chi connectivity index (χ0) is 19.3. The van der Waals surface area contributed by atoms with Gasteiger partial charge in [0, 0.05) is 0 Å². The molecule has 0 aliphatic heterocycles. The molecule has 2 aromatic rings. The molecule has 2 N–H and O–H groups in total. The van der Waals surface area contributed by atoms with Gasteiger partial charge in [0.05, 0.1) is 25.1 Å². The highest BCUT2D eigenvalue weighted by Gasteiger charge is 2.07. The smallest absolute Gasteiger partial charge is 0.259 e. The van der Waals surface area contributed by atoms with Crippen LogP contribution in [0.15, 0.2) is 59.7 Å². The largest absolute Gasteiger partial charge is 0.495 e. The molecule has 0 aromatic heterocycles. The molecule has 0 saturated carbocycles. The Balaban J connectivity index is 1.94. The lowest BCUT2D eigenvalue weighted by atomic mass is 10.0. The van der Waals surface area contributed by atoms with Crippen LogP contribution in [0, 0.1) is 0 Å². The van der Waals surface area contributed by atoms with E-state index in [1.807, 2.05) is 54.6 Å². The molecule has 0 radical (unpaired) electrons. The molecule has 5 heteroatoms. The molecule has 0 unspecified atom stereocenters. The zero-order valence-corrected chi connectivity index (χ0v) is 16.2. The maximum Gasteiger partial charge on any atom is 0.259 e. The number of hydrazone groups is 1. The van der Waals surface area contributed by atoms with Crippen molar-refractivity contribution >= 4 is 17.3 Å². The average molecular weight is 367 g/mol. The third-order valence-corrected chi connectivity index (χ3v) is 4.24. The van der Waals surface area contributed by atoms with E-state index in [1.54, 1.807) is 7.11 Å². The lowest BCUT2D eigenvalue weighted by Gasteiger charge is -2.11. The van der Waals surface area contributed by atoms with Crippen molar-refractivity contribution in [2.75, 3.05) is 19.0 Å². The van der Waals surface area contributed by atoms with Gasteiger partial charge in [-0.05, 0) is 30.5 Å². The summed E-state index contributed by atoms with van der Waals surface area (Å²) in [6, 6.07) is 17.5. The van der Waals surface area contributed by atoms with Gasteiger partial charge in [0.15, 0.2) is 0 Å². The predicted molar refractivity (Wildman–Crippen MR) is 111 cm³/mol. The van der Waals surface area contributed by atoms with E-state index in [1.165, 1.54) is 19.3 Å². The highest BCUT2D eigenvalue weighted by Crippen LogP contribution is 2.22. The Morgan fingerprint density at radius 1 is 1.00 bits per heavy atom. The normalized spacial score (nSPS) is 11.1. The lowest BCUT2D eigenvalue weighted by molar-refractivity contribution is -0.119. The number of amides is 1. The Morgan fingerprint density at radius 3 is 2.48 bits per heavy atom. The number of unbranched alkanes of at least 4 members (excludes halogenated alkanes) is 3. The third-order valence-electron chi connectivity index (χ3n) is 4.24. The summed E-state index contributed by atoms with van der Waals surface area (Å²) in [6.07, 6.45) is 5.51. The van der Waals surface area contributed by atoms with Crippen LogP contribution >= 0.6 is 0 Å². The average Bonchev–Trinajstić information content (AvgIpc) is 2.72. The number of anilines is 1. The fourth-order valence-electron chi connectivity index (χ4n) is 2.75. The first-order valence-electron chi connectivity index (χ1n) is 9.52. The van der Waals surface area contributed by atoms with Crippen molar-refractivity contribution in [2.24, 2.45) is 5.10 Å². The minimum Gasteiger partial charge on any atom is -0.495 e. The summed E-state index contributed by atoms with van der Waals surface area (Å²) in [5, 5.41) is 7.47. The predicted octanol–water partition coefficient (Wildman–Crippen LogP) is 4.60. The molecule has 144 valence electrons. The SMILES string of the molecule is CCCCCCC(=NNC(=O)CNc1ccccc1OC)c1ccccc1. The quantitative estimate of drug-likeness (QED) is 0.347. The Bertz CT molecular complexity index is 729. The van der Waals surface area contributed by atoms with E-state index in [2.05, 4.69) is 22.8 Å². The molecule has 0 aliphatic rings. The third kappa shape index (κ3) is 7.13. The minimum absolute atomic E-state index is 0.127. The molecule has 0 spiro atoms. The number of hydrogen-bond acceptors (Lipinski definition) is 4. The molecular weight excluding hydrogens is 338 g/mol. The number of carbonyl (C=O) groups excluding carboxylic acids is 1. The van der Waals surface area contributed by atoms with Crippen LogP contribution in [0.5, 0.6) is 5.75 Å². The first kappa shape index (κ1) is 20.5. The van der Waals surface area contributed by atoms with Crippen molar-refractivity contribution < 1.29 is 9.53 Å². The molecule has 0 fully saturated rings. The number of methoxy groups -OCH3 is 1. The number of hydrogen-bond donors (Lipinski definition) is 2. The van der Waals surface area contributed by atoms with Crippen LogP contribution in [0.3, 0.4) is 0 Å². The molecule has 2 rings (SSSR count). The number of ether oxygens (including phenoxy) is 1. The van der Waals surface area contributed by atoms with Crippen molar-refractivity contribution in [3.63, 3.8) is 0 Å². The molecule has 2 aromatic carbocycles. The molecule has 1 amide bonds. The number of nitrogens with zero attached hydrogens (tertiary/aromatic N) is 1. The van der Waals surface area contributed by atoms with Gasteiger partial charge in [-0.3, -0.25) is 4.79 Å². The van der Waals surface area contributed by atoms with Gasteiger partial charge in [0.2, 0.25) is 0 Å². The van der Waals surface area contributed by atoms with Gasteiger partial charge >= 0.3 is 0 Å². The first-order chi connectivity index (χ1) is 13.2. The molecule has 0 atom stereocenters. The highest BCUT2D eigenvalue weighted by molar-refractivity contribution is 6.01. The Labute approximate surface area is 161 Å².